The Morgan fingerprint density at radius 3 is 2.77 bits per heavy atom. The zero-order chi connectivity index (χ0) is 24.1. The highest BCUT2D eigenvalue weighted by atomic mass is 79.9. The van der Waals surface area contributed by atoms with Gasteiger partial charge in [0.15, 0.2) is 0 Å². The fraction of sp³-hybridized carbons (Fsp3) is 0.417. The van der Waals surface area contributed by atoms with Crippen molar-refractivity contribution in [2.24, 2.45) is 0 Å². The van der Waals surface area contributed by atoms with Gasteiger partial charge in [-0.2, -0.15) is 12.6 Å². The summed E-state index contributed by atoms with van der Waals surface area (Å²) >= 11 is 10.0. The van der Waals surface area contributed by atoms with Crippen LogP contribution >= 0.6 is 39.9 Å². The molecule has 182 valence electrons. The number of hydrogen-bond donors (Lipinski definition) is 2. The molecule has 0 aliphatic carbocycles. The van der Waals surface area contributed by atoms with Gasteiger partial charge in [0.1, 0.15) is 17.0 Å². The van der Waals surface area contributed by atoms with Crippen molar-refractivity contribution in [1.82, 2.24) is 25.1 Å². The highest BCUT2D eigenvalue weighted by Gasteiger charge is 2.39. The molecule has 2 fully saturated rings. The van der Waals surface area contributed by atoms with Gasteiger partial charge in [-0.1, -0.05) is 18.2 Å². The number of thiophene rings is 1. The van der Waals surface area contributed by atoms with Gasteiger partial charge in [0.2, 0.25) is 11.8 Å². The Labute approximate surface area is 221 Å². The molecule has 0 spiro atoms. The number of anilines is 1. The Kier molecular flexibility index (Phi) is 6.30. The van der Waals surface area contributed by atoms with E-state index in [1.807, 2.05) is 0 Å². The maximum Gasteiger partial charge on any atom is 0.243 e. The lowest BCUT2D eigenvalue weighted by atomic mass is 10.0. The number of fused-ring (bicyclic) bond motifs is 2. The van der Waals surface area contributed by atoms with Crippen molar-refractivity contribution >= 4 is 67.7 Å². The normalized spacial score (nSPS) is 23.7. The van der Waals surface area contributed by atoms with Crippen molar-refractivity contribution in [3.05, 3.63) is 51.1 Å². The molecule has 0 bridgehead atoms. The summed E-state index contributed by atoms with van der Waals surface area (Å²) in [7, 11) is 0. The third-order valence-electron chi connectivity index (χ3n) is 7.12. The molecule has 6 rings (SSSR count). The van der Waals surface area contributed by atoms with Crippen LogP contribution in [0, 0.1) is 0 Å². The summed E-state index contributed by atoms with van der Waals surface area (Å²) < 4.78 is 1.07. The van der Waals surface area contributed by atoms with Crippen LogP contribution in [0.2, 0.25) is 0 Å². The van der Waals surface area contributed by atoms with Crippen LogP contribution < -0.4 is 10.2 Å². The lowest BCUT2D eigenvalue weighted by Crippen LogP contribution is -2.51. The van der Waals surface area contributed by atoms with Crippen LogP contribution in [0.15, 0.2) is 34.4 Å². The summed E-state index contributed by atoms with van der Waals surface area (Å²) in [6.07, 6.45) is 2.59. The van der Waals surface area contributed by atoms with E-state index in [1.165, 1.54) is 11.1 Å². The van der Waals surface area contributed by atoms with Gasteiger partial charge in [-0.3, -0.25) is 24.7 Å². The van der Waals surface area contributed by atoms with E-state index in [0.717, 1.165) is 58.1 Å². The minimum absolute atomic E-state index is 0.131. The largest absolute Gasteiger partial charge is 0.353 e. The minimum Gasteiger partial charge on any atom is -0.353 e. The number of carbonyl (C=O) groups excluding carboxylic acids is 2. The molecule has 0 saturated carbocycles. The quantitative estimate of drug-likeness (QED) is 0.366. The molecular formula is C24H25BrN6O2S2. The maximum absolute atomic E-state index is 12.4. The van der Waals surface area contributed by atoms with Crippen molar-refractivity contribution in [3.8, 4) is 0 Å². The van der Waals surface area contributed by atoms with Gasteiger partial charge in [-0.25, -0.2) is 9.97 Å². The van der Waals surface area contributed by atoms with E-state index in [1.54, 1.807) is 17.7 Å². The van der Waals surface area contributed by atoms with Crippen LogP contribution in [0.25, 0.3) is 10.2 Å². The number of halogens is 1. The fourth-order valence-corrected chi connectivity index (χ4v) is 7.23. The van der Waals surface area contributed by atoms with E-state index >= 15 is 0 Å². The molecule has 0 radical (unpaired) electrons. The van der Waals surface area contributed by atoms with Crippen molar-refractivity contribution < 1.29 is 9.59 Å². The Bertz CT molecular complexity index is 1310. The fourth-order valence-electron chi connectivity index (χ4n) is 5.33. The summed E-state index contributed by atoms with van der Waals surface area (Å²) in [5, 5.41) is 3.45. The molecule has 2 amide bonds. The zero-order valence-corrected chi connectivity index (χ0v) is 22.3. The van der Waals surface area contributed by atoms with Crippen LogP contribution in [0.3, 0.4) is 0 Å². The van der Waals surface area contributed by atoms with Crippen LogP contribution in [-0.4, -0.2) is 63.8 Å². The van der Waals surface area contributed by atoms with Crippen LogP contribution in [-0.2, 0) is 22.7 Å². The number of piperidine rings is 1. The molecule has 2 unspecified atom stereocenters. The zero-order valence-electron chi connectivity index (χ0n) is 19.0. The van der Waals surface area contributed by atoms with Crippen molar-refractivity contribution in [3.63, 3.8) is 0 Å². The van der Waals surface area contributed by atoms with Gasteiger partial charge in [0.25, 0.3) is 0 Å². The molecule has 35 heavy (non-hydrogen) atoms. The lowest BCUT2D eigenvalue weighted by Gasteiger charge is -2.35. The second-order valence-electron chi connectivity index (χ2n) is 9.28. The second-order valence-corrected chi connectivity index (χ2v) is 12.2. The number of hydrogen-bond acceptors (Lipinski definition) is 9. The smallest absolute Gasteiger partial charge is 0.243 e. The maximum atomic E-state index is 12.4. The predicted molar refractivity (Wildman–Crippen MR) is 142 cm³/mol. The van der Waals surface area contributed by atoms with Crippen molar-refractivity contribution in [2.45, 2.75) is 37.3 Å². The van der Waals surface area contributed by atoms with Crippen molar-refractivity contribution in [2.75, 3.05) is 31.1 Å². The van der Waals surface area contributed by atoms with Gasteiger partial charge < -0.3 is 4.90 Å². The van der Waals surface area contributed by atoms with E-state index in [-0.39, 0.29) is 23.2 Å². The van der Waals surface area contributed by atoms with Gasteiger partial charge >= 0.3 is 0 Å². The summed E-state index contributed by atoms with van der Waals surface area (Å²) in [4.78, 5) is 40.9. The molecule has 5 heterocycles. The summed E-state index contributed by atoms with van der Waals surface area (Å²) in [6.45, 7) is 5.34. The highest BCUT2D eigenvalue weighted by Crippen LogP contribution is 2.40. The van der Waals surface area contributed by atoms with E-state index in [9.17, 15) is 9.59 Å². The minimum atomic E-state index is -0.309. The van der Waals surface area contributed by atoms with Gasteiger partial charge in [0, 0.05) is 45.7 Å². The SMILES string of the molecule is O=C1CCC(N2Cc3cc(CN4CCN(c5ncnc6sc(Br)cc56)CC4)ccc3C2S)C(=O)N1. The van der Waals surface area contributed by atoms with Gasteiger partial charge in [-0.15, -0.1) is 11.3 Å². The first-order valence-corrected chi connectivity index (χ1v) is 13.9. The number of piperazine rings is 1. The second kappa shape index (κ2) is 9.44. The molecule has 2 saturated heterocycles. The number of rotatable bonds is 4. The summed E-state index contributed by atoms with van der Waals surface area (Å²) in [5.74, 6) is 0.623. The Morgan fingerprint density at radius 2 is 1.97 bits per heavy atom. The molecule has 1 N–H and O–H groups in total. The summed E-state index contributed by atoms with van der Waals surface area (Å²) in [6, 6.07) is 8.39. The third-order valence-corrected chi connectivity index (χ3v) is 9.24. The first kappa shape index (κ1) is 23.4. The number of carbonyl (C=O) groups is 2. The topological polar surface area (TPSA) is 81.7 Å². The Balaban J connectivity index is 1.10. The highest BCUT2D eigenvalue weighted by molar-refractivity contribution is 9.11. The molecule has 3 aliphatic heterocycles. The third kappa shape index (κ3) is 4.48. The van der Waals surface area contributed by atoms with Crippen LogP contribution in [0.5, 0.6) is 0 Å². The average molecular weight is 574 g/mol. The molecule has 3 aromatic rings. The molecule has 2 atom stereocenters. The van der Waals surface area contributed by atoms with E-state index in [4.69, 9.17) is 12.6 Å². The van der Waals surface area contributed by atoms with Crippen molar-refractivity contribution in [1.29, 1.82) is 0 Å². The molecule has 11 heteroatoms. The number of aromatic nitrogens is 2. The monoisotopic (exact) mass is 572 g/mol. The number of benzene rings is 1. The summed E-state index contributed by atoms with van der Waals surface area (Å²) in [5.41, 5.74) is 3.65. The van der Waals surface area contributed by atoms with E-state index in [0.29, 0.717) is 19.4 Å². The molecular weight excluding hydrogens is 548 g/mol. The number of nitrogens with zero attached hydrogens (tertiary/aromatic N) is 5. The molecule has 2 aromatic heterocycles. The standard InChI is InChI=1S/C24H25BrN6O2S2/c25-19-10-17-21(26-13-27-23(17)35-19)30-7-5-29(6-8-30)11-14-1-2-16-15(9-14)12-31(24(16)34)18-3-4-20(32)28-22(18)33/h1-2,9-10,13,18,24,34H,3-8,11-12H2,(H,28,32,33). The lowest BCUT2D eigenvalue weighted by molar-refractivity contribution is -0.137. The molecule has 3 aliphatic rings. The number of amides is 2. The van der Waals surface area contributed by atoms with Crippen LogP contribution in [0.4, 0.5) is 5.82 Å². The van der Waals surface area contributed by atoms with Gasteiger partial charge in [0.05, 0.1) is 20.6 Å². The Morgan fingerprint density at radius 1 is 1.14 bits per heavy atom. The van der Waals surface area contributed by atoms with E-state index in [2.05, 4.69) is 70.2 Å². The van der Waals surface area contributed by atoms with E-state index < -0.39 is 0 Å². The van der Waals surface area contributed by atoms with Gasteiger partial charge in [-0.05, 0) is 45.1 Å². The number of imide groups is 1. The van der Waals surface area contributed by atoms with Crippen LogP contribution in [0.1, 0.15) is 34.9 Å². The number of nitrogens with one attached hydrogen (secondary N) is 1. The first-order valence-electron chi connectivity index (χ1n) is 11.7. The Hall–Kier alpha value is -2.05. The number of thiol groups is 1. The average Bonchev–Trinajstić information content (AvgIpc) is 3.38. The first-order chi connectivity index (χ1) is 17.0. The molecule has 1 aromatic carbocycles. The molecule has 8 nitrogen and oxygen atoms in total. The predicted octanol–water partition coefficient (Wildman–Crippen LogP) is 3.33.